The number of aliphatic carboxylic acids is 1. The number of amides is 3. The Hall–Kier alpha value is -3.42. The fourth-order valence-corrected chi connectivity index (χ4v) is 3.11. The third-order valence-electron chi connectivity index (χ3n) is 4.55. The van der Waals surface area contributed by atoms with Crippen molar-refractivity contribution in [1.29, 1.82) is 0 Å². The topological polar surface area (TPSA) is 242 Å². The van der Waals surface area contributed by atoms with E-state index in [4.69, 9.17) is 27.5 Å². The Kier molecular flexibility index (Phi) is 7.91. The lowest BCUT2D eigenvalue weighted by Gasteiger charge is -2.24. The molecule has 10 N–H and O–H groups in total. The van der Waals surface area contributed by atoms with Crippen molar-refractivity contribution < 1.29 is 24.0 Å². The van der Waals surface area contributed by atoms with Crippen LogP contribution >= 0.6 is 0 Å². The Morgan fingerprint density at radius 1 is 1.33 bits per heavy atom. The van der Waals surface area contributed by atoms with Crippen molar-refractivity contribution in [2.45, 2.75) is 50.2 Å². The van der Waals surface area contributed by atoms with Crippen molar-refractivity contribution >= 4 is 23.9 Å². The van der Waals surface area contributed by atoms with Crippen molar-refractivity contribution in [2.24, 2.45) is 27.9 Å². The van der Waals surface area contributed by atoms with E-state index in [1.807, 2.05) is 0 Å². The zero-order valence-electron chi connectivity index (χ0n) is 16.4. The minimum absolute atomic E-state index is 0.0607. The van der Waals surface area contributed by atoms with Gasteiger partial charge in [0.2, 0.25) is 11.8 Å². The molecule has 0 radical (unpaired) electrons. The SMILES string of the molecule is NC(=O)C[C@H](N)c1noc(C(CCCN=C(N)N)NC(=O)N2CCCC2C(=O)O)n1. The van der Waals surface area contributed by atoms with Crippen LogP contribution in [0.25, 0.3) is 0 Å². The number of carbonyl (C=O) groups is 3. The molecule has 2 rings (SSSR count). The van der Waals surface area contributed by atoms with Gasteiger partial charge in [0, 0.05) is 19.5 Å². The second kappa shape index (κ2) is 10.4. The molecule has 14 heteroatoms. The maximum absolute atomic E-state index is 12.7. The third-order valence-corrected chi connectivity index (χ3v) is 4.55. The van der Waals surface area contributed by atoms with Gasteiger partial charge in [-0.25, -0.2) is 9.59 Å². The summed E-state index contributed by atoms with van der Waals surface area (Å²) < 4.78 is 5.22. The first-order chi connectivity index (χ1) is 14.2. The van der Waals surface area contributed by atoms with Crippen LogP contribution in [0, 0.1) is 0 Å². The van der Waals surface area contributed by atoms with Crippen LogP contribution in [0.5, 0.6) is 0 Å². The number of guanidine groups is 1. The first kappa shape index (κ1) is 22.9. The minimum atomic E-state index is -1.07. The molecule has 1 saturated heterocycles. The number of carboxylic acid groups (broad SMARTS) is 1. The molecule has 1 aromatic heterocycles. The van der Waals surface area contributed by atoms with Crippen LogP contribution in [0.1, 0.15) is 55.9 Å². The van der Waals surface area contributed by atoms with Gasteiger partial charge in [0.25, 0.3) is 0 Å². The maximum Gasteiger partial charge on any atom is 0.326 e. The molecule has 2 heterocycles. The van der Waals surface area contributed by atoms with Gasteiger partial charge in [0.1, 0.15) is 12.1 Å². The highest BCUT2D eigenvalue weighted by Gasteiger charge is 2.35. The van der Waals surface area contributed by atoms with E-state index in [0.29, 0.717) is 38.8 Å². The lowest BCUT2D eigenvalue weighted by molar-refractivity contribution is -0.141. The molecule has 14 nitrogen and oxygen atoms in total. The lowest BCUT2D eigenvalue weighted by Crippen LogP contribution is -2.47. The lowest BCUT2D eigenvalue weighted by atomic mass is 10.1. The zero-order valence-corrected chi connectivity index (χ0v) is 16.4. The summed E-state index contributed by atoms with van der Waals surface area (Å²) in [6, 6.07) is -3.04. The van der Waals surface area contributed by atoms with Crippen molar-refractivity contribution in [3.63, 3.8) is 0 Å². The van der Waals surface area contributed by atoms with Crippen LogP contribution in [0.4, 0.5) is 4.79 Å². The summed E-state index contributed by atoms with van der Waals surface area (Å²) in [6.07, 6.45) is 1.60. The van der Waals surface area contributed by atoms with E-state index in [1.54, 1.807) is 0 Å². The minimum Gasteiger partial charge on any atom is -0.480 e. The van der Waals surface area contributed by atoms with Crippen LogP contribution in [0.15, 0.2) is 9.52 Å². The average Bonchev–Trinajstić information content (AvgIpc) is 3.32. The highest BCUT2D eigenvalue weighted by atomic mass is 16.5. The van der Waals surface area contributed by atoms with Gasteiger partial charge >= 0.3 is 12.0 Å². The summed E-state index contributed by atoms with van der Waals surface area (Å²) in [5, 5.41) is 15.8. The molecule has 2 unspecified atom stereocenters. The van der Waals surface area contributed by atoms with Crippen LogP contribution in [-0.2, 0) is 9.59 Å². The third kappa shape index (κ3) is 6.30. The molecule has 0 aliphatic carbocycles. The predicted octanol–water partition coefficient (Wildman–Crippen LogP) is -1.70. The van der Waals surface area contributed by atoms with Gasteiger partial charge in [0.15, 0.2) is 11.8 Å². The van der Waals surface area contributed by atoms with Gasteiger partial charge < -0.3 is 42.8 Å². The van der Waals surface area contributed by atoms with Crippen molar-refractivity contribution in [2.75, 3.05) is 13.1 Å². The Morgan fingerprint density at radius 2 is 2.07 bits per heavy atom. The van der Waals surface area contributed by atoms with Gasteiger partial charge in [-0.3, -0.25) is 9.79 Å². The van der Waals surface area contributed by atoms with Crippen LogP contribution in [-0.4, -0.2) is 63.1 Å². The van der Waals surface area contributed by atoms with Gasteiger partial charge in [-0.1, -0.05) is 5.16 Å². The highest BCUT2D eigenvalue weighted by Crippen LogP contribution is 2.22. The van der Waals surface area contributed by atoms with Gasteiger partial charge in [-0.15, -0.1) is 0 Å². The normalized spacial score (nSPS) is 17.9. The molecule has 1 fully saturated rings. The Labute approximate surface area is 172 Å². The van der Waals surface area contributed by atoms with E-state index in [1.165, 1.54) is 4.90 Å². The second-order valence-electron chi connectivity index (χ2n) is 6.91. The Balaban J connectivity index is 2.13. The van der Waals surface area contributed by atoms with Gasteiger partial charge in [-0.05, 0) is 25.7 Å². The molecule has 0 saturated carbocycles. The maximum atomic E-state index is 12.7. The number of likely N-dealkylation sites (tertiary alicyclic amines) is 1. The fourth-order valence-electron chi connectivity index (χ4n) is 3.11. The molecule has 30 heavy (non-hydrogen) atoms. The number of aliphatic imine (C=N–C) groups is 1. The quantitative estimate of drug-likeness (QED) is 0.141. The fraction of sp³-hybridized carbons (Fsp3) is 0.625. The molecule has 166 valence electrons. The molecule has 0 aromatic carbocycles. The summed E-state index contributed by atoms with van der Waals surface area (Å²) in [5.74, 6) is -1.62. The zero-order chi connectivity index (χ0) is 22.3. The number of nitrogens with zero attached hydrogens (tertiary/aromatic N) is 4. The van der Waals surface area contributed by atoms with E-state index < -0.39 is 36.0 Å². The Morgan fingerprint density at radius 3 is 2.70 bits per heavy atom. The number of carboxylic acids is 1. The largest absolute Gasteiger partial charge is 0.480 e. The molecule has 3 amide bonds. The van der Waals surface area contributed by atoms with Crippen LogP contribution in [0.2, 0.25) is 0 Å². The Bertz CT molecular complexity index is 792. The number of primary amides is 1. The molecule has 3 atom stereocenters. The summed E-state index contributed by atoms with van der Waals surface area (Å²) in [4.78, 5) is 44.4. The van der Waals surface area contributed by atoms with Crippen molar-refractivity contribution in [3.05, 3.63) is 11.7 Å². The molecule has 0 bridgehead atoms. The monoisotopic (exact) mass is 425 g/mol. The number of rotatable bonds is 10. The van der Waals surface area contributed by atoms with E-state index in [2.05, 4.69) is 20.4 Å². The molecular weight excluding hydrogens is 398 g/mol. The molecule has 0 spiro atoms. The van der Waals surface area contributed by atoms with Gasteiger partial charge in [0.05, 0.1) is 6.04 Å². The van der Waals surface area contributed by atoms with Crippen LogP contribution in [0.3, 0.4) is 0 Å². The van der Waals surface area contributed by atoms with Crippen molar-refractivity contribution in [1.82, 2.24) is 20.4 Å². The molecular formula is C16H27N9O5. The van der Waals surface area contributed by atoms with Crippen LogP contribution < -0.4 is 28.3 Å². The number of aromatic nitrogens is 2. The van der Waals surface area contributed by atoms with Crippen molar-refractivity contribution in [3.8, 4) is 0 Å². The van der Waals surface area contributed by atoms with E-state index in [0.717, 1.165) is 0 Å². The number of carbonyl (C=O) groups excluding carboxylic acids is 2. The summed E-state index contributed by atoms with van der Waals surface area (Å²) in [5.41, 5.74) is 21.6. The molecule has 1 aromatic rings. The standard InChI is InChI=1S/C16H27N9O5/c17-8(7-11(18)26)12-23-13(30-24-12)9(3-1-5-21-15(19)20)22-16(29)25-6-2-4-10(25)14(27)28/h8-10H,1-7,17H2,(H2,18,26)(H,22,29)(H,27,28)(H4,19,20,21)/t8-,9?,10?/m0/s1. The smallest absolute Gasteiger partial charge is 0.326 e. The number of hydrogen-bond donors (Lipinski definition) is 6. The second-order valence-corrected chi connectivity index (χ2v) is 6.91. The first-order valence-electron chi connectivity index (χ1n) is 9.41. The van der Waals surface area contributed by atoms with Gasteiger partial charge in [-0.2, -0.15) is 4.98 Å². The first-order valence-corrected chi connectivity index (χ1v) is 9.41. The van der Waals surface area contributed by atoms with E-state index in [9.17, 15) is 19.5 Å². The molecule has 1 aliphatic rings. The number of hydrogen-bond acceptors (Lipinski definition) is 8. The number of nitrogens with one attached hydrogen (secondary N) is 1. The number of nitrogens with two attached hydrogens (primary N) is 4. The number of urea groups is 1. The predicted molar refractivity (Wildman–Crippen MR) is 104 cm³/mol. The van der Waals surface area contributed by atoms with E-state index >= 15 is 0 Å². The van der Waals surface area contributed by atoms with E-state index in [-0.39, 0.29) is 24.1 Å². The highest BCUT2D eigenvalue weighted by molar-refractivity contribution is 5.83. The average molecular weight is 425 g/mol. The molecule has 1 aliphatic heterocycles. The summed E-state index contributed by atoms with van der Waals surface area (Å²) in [6.45, 7) is 0.625. The summed E-state index contributed by atoms with van der Waals surface area (Å²) >= 11 is 0. The summed E-state index contributed by atoms with van der Waals surface area (Å²) in [7, 11) is 0.